The summed E-state index contributed by atoms with van der Waals surface area (Å²) in [6.07, 6.45) is 0. The summed E-state index contributed by atoms with van der Waals surface area (Å²) in [7, 11) is 1.59. The number of rotatable bonds is 6. The number of benzene rings is 2. The molecule has 0 unspecified atom stereocenters. The second-order valence-electron chi connectivity index (χ2n) is 5.35. The third kappa shape index (κ3) is 4.89. The van der Waals surface area contributed by atoms with Crippen molar-refractivity contribution >= 4 is 27.6 Å². The van der Waals surface area contributed by atoms with Gasteiger partial charge in [0.2, 0.25) is 0 Å². The zero-order valence-electron chi connectivity index (χ0n) is 13.4. The van der Waals surface area contributed by atoms with Crippen molar-refractivity contribution in [2.75, 3.05) is 13.7 Å². The van der Waals surface area contributed by atoms with Crippen LogP contribution >= 0.6 is 15.9 Å². The zero-order valence-corrected chi connectivity index (χ0v) is 15.0. The molecule has 0 saturated heterocycles. The summed E-state index contributed by atoms with van der Waals surface area (Å²) in [5, 5.41) is 0. The zero-order chi connectivity index (χ0) is 17.7. The van der Waals surface area contributed by atoms with Crippen molar-refractivity contribution in [1.82, 2.24) is 4.90 Å². The number of halogens is 2. The van der Waals surface area contributed by atoms with E-state index in [-0.39, 0.29) is 30.7 Å². The monoisotopic (exact) mass is 393 g/mol. The van der Waals surface area contributed by atoms with Crippen LogP contribution in [0.15, 0.2) is 46.9 Å². The van der Waals surface area contributed by atoms with Crippen molar-refractivity contribution < 1.29 is 18.7 Å². The smallest absolute Gasteiger partial charge is 0.260 e. The highest BCUT2D eigenvalue weighted by molar-refractivity contribution is 9.10. The Labute approximate surface area is 148 Å². The summed E-state index contributed by atoms with van der Waals surface area (Å²) in [5.74, 6) is -0.174. The lowest BCUT2D eigenvalue weighted by molar-refractivity contribution is -0.132. The van der Waals surface area contributed by atoms with E-state index in [9.17, 15) is 14.0 Å². The molecule has 0 bridgehead atoms. The second kappa shape index (κ2) is 8.06. The highest BCUT2D eigenvalue weighted by atomic mass is 79.9. The molecule has 0 aliphatic carbocycles. The lowest BCUT2D eigenvalue weighted by Crippen LogP contribution is -2.31. The third-order valence-electron chi connectivity index (χ3n) is 3.46. The molecule has 0 radical (unpaired) electrons. The summed E-state index contributed by atoms with van der Waals surface area (Å²) in [6, 6.07) is 11.2. The first-order chi connectivity index (χ1) is 11.4. The van der Waals surface area contributed by atoms with Gasteiger partial charge in [0, 0.05) is 29.2 Å². The van der Waals surface area contributed by atoms with Crippen LogP contribution in [0.2, 0.25) is 0 Å². The molecule has 4 nitrogen and oxygen atoms in total. The van der Waals surface area contributed by atoms with Gasteiger partial charge in [-0.1, -0.05) is 15.9 Å². The number of Topliss-reactive ketones (excluding diaryl/α,β-unsaturated/α-hetero) is 1. The van der Waals surface area contributed by atoms with Crippen LogP contribution in [0, 0.1) is 5.82 Å². The van der Waals surface area contributed by atoms with Crippen LogP contribution in [0.1, 0.15) is 22.8 Å². The minimum atomic E-state index is -0.362. The third-order valence-corrected chi connectivity index (χ3v) is 3.96. The fourth-order valence-electron chi connectivity index (χ4n) is 2.05. The van der Waals surface area contributed by atoms with Gasteiger partial charge in [-0.3, -0.25) is 9.59 Å². The standard InChI is InChI=1S/C18H17BrFNO3/c1-12(22)13-3-6-16(7-4-13)24-11-18(23)21(2)10-14-9-15(19)5-8-17(14)20/h3-9H,10-11H2,1-2H3. The average molecular weight is 394 g/mol. The van der Waals surface area contributed by atoms with Gasteiger partial charge in [0.15, 0.2) is 12.4 Å². The summed E-state index contributed by atoms with van der Waals surface area (Å²) in [4.78, 5) is 24.7. The van der Waals surface area contributed by atoms with Gasteiger partial charge in [0.1, 0.15) is 11.6 Å². The predicted octanol–water partition coefficient (Wildman–Crippen LogP) is 3.83. The molecular formula is C18H17BrFNO3. The van der Waals surface area contributed by atoms with Crippen molar-refractivity contribution in [2.45, 2.75) is 13.5 Å². The van der Waals surface area contributed by atoms with Crippen molar-refractivity contribution in [3.8, 4) is 5.75 Å². The lowest BCUT2D eigenvalue weighted by atomic mass is 10.1. The molecule has 0 spiro atoms. The summed E-state index contributed by atoms with van der Waals surface area (Å²) >= 11 is 3.28. The SMILES string of the molecule is CC(=O)c1ccc(OCC(=O)N(C)Cc2cc(Br)ccc2F)cc1. The highest BCUT2D eigenvalue weighted by Crippen LogP contribution is 2.17. The fraction of sp³-hybridized carbons (Fsp3) is 0.222. The van der Waals surface area contributed by atoms with Gasteiger partial charge in [-0.25, -0.2) is 4.39 Å². The largest absolute Gasteiger partial charge is 0.484 e. The van der Waals surface area contributed by atoms with Crippen molar-refractivity contribution in [2.24, 2.45) is 0 Å². The van der Waals surface area contributed by atoms with Crippen LogP contribution in [0.25, 0.3) is 0 Å². The molecule has 0 aliphatic heterocycles. The number of nitrogens with zero attached hydrogens (tertiary/aromatic N) is 1. The predicted molar refractivity (Wildman–Crippen MR) is 92.5 cm³/mol. The van der Waals surface area contributed by atoms with Crippen molar-refractivity contribution in [1.29, 1.82) is 0 Å². The molecule has 0 fully saturated rings. The molecule has 0 heterocycles. The van der Waals surface area contributed by atoms with E-state index in [0.29, 0.717) is 16.9 Å². The first kappa shape index (κ1) is 18.1. The number of carbonyl (C=O) groups excluding carboxylic acids is 2. The van der Waals surface area contributed by atoms with Gasteiger partial charge in [0.05, 0.1) is 0 Å². The minimum Gasteiger partial charge on any atom is -0.484 e. The van der Waals surface area contributed by atoms with Gasteiger partial charge in [-0.2, -0.15) is 0 Å². The summed E-state index contributed by atoms with van der Waals surface area (Å²) in [6.45, 7) is 1.47. The fourth-order valence-corrected chi connectivity index (χ4v) is 2.46. The minimum absolute atomic E-state index is 0.0339. The average Bonchev–Trinajstić information content (AvgIpc) is 2.56. The van der Waals surface area contributed by atoms with Gasteiger partial charge in [-0.15, -0.1) is 0 Å². The molecule has 0 aliphatic rings. The maximum atomic E-state index is 13.7. The Balaban J connectivity index is 1.91. The van der Waals surface area contributed by atoms with Crippen LogP contribution in [0.4, 0.5) is 4.39 Å². The molecular weight excluding hydrogens is 377 g/mol. The van der Waals surface area contributed by atoms with E-state index in [1.54, 1.807) is 43.4 Å². The molecule has 2 aromatic rings. The Morgan fingerprint density at radius 2 is 1.83 bits per heavy atom. The second-order valence-corrected chi connectivity index (χ2v) is 6.27. The van der Waals surface area contributed by atoms with E-state index in [1.165, 1.54) is 17.9 Å². The van der Waals surface area contributed by atoms with Crippen LogP contribution in [-0.4, -0.2) is 30.2 Å². The molecule has 6 heteroatoms. The molecule has 0 N–H and O–H groups in total. The van der Waals surface area contributed by atoms with Crippen molar-refractivity contribution in [3.05, 3.63) is 63.9 Å². The Morgan fingerprint density at radius 3 is 2.46 bits per heavy atom. The number of carbonyl (C=O) groups is 2. The molecule has 2 aromatic carbocycles. The van der Waals surface area contributed by atoms with E-state index < -0.39 is 0 Å². The number of hydrogen-bond donors (Lipinski definition) is 0. The summed E-state index contributed by atoms with van der Waals surface area (Å²) < 4.78 is 19.9. The van der Waals surface area contributed by atoms with Gasteiger partial charge in [0.25, 0.3) is 5.91 Å². The van der Waals surface area contributed by atoms with E-state index in [2.05, 4.69) is 15.9 Å². The topological polar surface area (TPSA) is 46.6 Å². The number of ketones is 1. The molecule has 1 amide bonds. The van der Waals surface area contributed by atoms with E-state index >= 15 is 0 Å². The van der Waals surface area contributed by atoms with Crippen molar-refractivity contribution in [3.63, 3.8) is 0 Å². The quantitative estimate of drug-likeness (QED) is 0.700. The molecule has 126 valence electrons. The van der Waals surface area contributed by atoms with Gasteiger partial charge >= 0.3 is 0 Å². The maximum Gasteiger partial charge on any atom is 0.260 e. The molecule has 2 rings (SSSR count). The molecule has 0 aromatic heterocycles. The number of amides is 1. The van der Waals surface area contributed by atoms with Crippen LogP contribution in [-0.2, 0) is 11.3 Å². The first-order valence-electron chi connectivity index (χ1n) is 7.28. The maximum absolute atomic E-state index is 13.7. The Bertz CT molecular complexity index is 746. The number of hydrogen-bond acceptors (Lipinski definition) is 3. The normalized spacial score (nSPS) is 10.3. The summed E-state index contributed by atoms with van der Waals surface area (Å²) in [5.41, 5.74) is 1.00. The molecule has 0 saturated carbocycles. The van der Waals surface area contributed by atoms with Crippen LogP contribution in [0.5, 0.6) is 5.75 Å². The number of ether oxygens (including phenoxy) is 1. The van der Waals surface area contributed by atoms with Crippen LogP contribution < -0.4 is 4.74 Å². The Morgan fingerprint density at radius 1 is 1.17 bits per heavy atom. The Kier molecular flexibility index (Phi) is 6.09. The van der Waals surface area contributed by atoms with E-state index in [0.717, 1.165) is 4.47 Å². The lowest BCUT2D eigenvalue weighted by Gasteiger charge is -2.18. The first-order valence-corrected chi connectivity index (χ1v) is 8.08. The van der Waals surface area contributed by atoms with E-state index in [1.807, 2.05) is 0 Å². The molecule has 24 heavy (non-hydrogen) atoms. The van der Waals surface area contributed by atoms with Gasteiger partial charge in [-0.05, 0) is 49.4 Å². The van der Waals surface area contributed by atoms with Crippen LogP contribution in [0.3, 0.4) is 0 Å². The highest BCUT2D eigenvalue weighted by Gasteiger charge is 2.13. The Hall–Kier alpha value is -2.21. The number of likely N-dealkylation sites (N-methyl/N-ethyl adjacent to an activating group) is 1. The van der Waals surface area contributed by atoms with E-state index in [4.69, 9.17) is 4.74 Å². The van der Waals surface area contributed by atoms with Gasteiger partial charge < -0.3 is 9.64 Å². The molecule has 0 atom stereocenters.